The minimum atomic E-state index is -0.373. The number of nitrogen functional groups attached to an aromatic ring is 1. The summed E-state index contributed by atoms with van der Waals surface area (Å²) in [6.45, 7) is 5.76. The first-order valence-electron chi connectivity index (χ1n) is 11.6. The number of hydrogen-bond acceptors (Lipinski definition) is 4. The number of pyridine rings is 1. The van der Waals surface area contributed by atoms with E-state index in [2.05, 4.69) is 52.1 Å². The Labute approximate surface area is 189 Å². The van der Waals surface area contributed by atoms with E-state index in [1.54, 1.807) is 6.20 Å². The van der Waals surface area contributed by atoms with Crippen molar-refractivity contribution in [3.05, 3.63) is 65.1 Å². The van der Waals surface area contributed by atoms with Crippen molar-refractivity contribution >= 4 is 11.7 Å². The van der Waals surface area contributed by atoms with Gasteiger partial charge in [-0.1, -0.05) is 42.2 Å². The summed E-state index contributed by atoms with van der Waals surface area (Å²) in [5.41, 5.74) is 12.3. The van der Waals surface area contributed by atoms with E-state index < -0.39 is 0 Å². The first-order valence-corrected chi connectivity index (χ1v) is 11.6. The van der Waals surface area contributed by atoms with Gasteiger partial charge in [-0.15, -0.1) is 0 Å². The molecule has 0 radical (unpaired) electrons. The Bertz CT molecular complexity index is 1120. The highest BCUT2D eigenvalue weighted by atomic mass is 16.2. The molecule has 1 aromatic carbocycles. The molecule has 1 saturated heterocycles. The third-order valence-electron chi connectivity index (χ3n) is 7.29. The molecular formula is C26H31N5O. The quantitative estimate of drug-likeness (QED) is 0.639. The van der Waals surface area contributed by atoms with Crippen molar-refractivity contribution in [3.63, 3.8) is 0 Å². The predicted molar refractivity (Wildman–Crippen MR) is 126 cm³/mol. The number of anilines is 1. The first kappa shape index (κ1) is 20.7. The largest absolute Gasteiger partial charge is 0.384 e. The maximum Gasteiger partial charge on any atom is 0.233 e. The van der Waals surface area contributed by atoms with Crippen LogP contribution in [0.2, 0.25) is 0 Å². The lowest BCUT2D eigenvalue weighted by Crippen LogP contribution is -2.44. The number of likely N-dealkylation sites (tertiary alicyclic amines) is 1. The van der Waals surface area contributed by atoms with Gasteiger partial charge >= 0.3 is 0 Å². The molecule has 6 nitrogen and oxygen atoms in total. The summed E-state index contributed by atoms with van der Waals surface area (Å²) >= 11 is 0. The molecule has 5 rings (SSSR count). The number of nitrogens with two attached hydrogens (primary N) is 1. The van der Waals surface area contributed by atoms with E-state index in [4.69, 9.17) is 5.73 Å². The smallest absolute Gasteiger partial charge is 0.233 e. The van der Waals surface area contributed by atoms with Gasteiger partial charge in [0.05, 0.1) is 11.6 Å². The van der Waals surface area contributed by atoms with Crippen LogP contribution in [0.15, 0.2) is 42.7 Å². The molecule has 32 heavy (non-hydrogen) atoms. The van der Waals surface area contributed by atoms with Crippen molar-refractivity contribution in [2.45, 2.75) is 57.3 Å². The zero-order valence-electron chi connectivity index (χ0n) is 18.9. The van der Waals surface area contributed by atoms with E-state index in [0.717, 1.165) is 62.0 Å². The maximum atomic E-state index is 14.0. The number of benzene rings is 1. The van der Waals surface area contributed by atoms with Gasteiger partial charge in [0, 0.05) is 36.5 Å². The third kappa shape index (κ3) is 3.57. The fourth-order valence-corrected chi connectivity index (χ4v) is 5.79. The molecule has 2 aromatic heterocycles. The van der Waals surface area contributed by atoms with Crippen LogP contribution in [0, 0.1) is 13.8 Å². The van der Waals surface area contributed by atoms with Crippen LogP contribution in [0.3, 0.4) is 0 Å². The minimum Gasteiger partial charge on any atom is -0.384 e. The fraction of sp³-hybridized carbons (Fsp3) is 0.423. The van der Waals surface area contributed by atoms with Crippen molar-refractivity contribution in [1.82, 2.24) is 20.1 Å². The van der Waals surface area contributed by atoms with Crippen LogP contribution < -0.4 is 5.73 Å². The van der Waals surface area contributed by atoms with Crippen LogP contribution >= 0.6 is 0 Å². The Hall–Kier alpha value is -3.15. The summed E-state index contributed by atoms with van der Waals surface area (Å²) in [7, 11) is 0. The summed E-state index contributed by atoms with van der Waals surface area (Å²) < 4.78 is 0. The number of aromatic nitrogens is 3. The highest BCUT2D eigenvalue weighted by Crippen LogP contribution is 2.45. The van der Waals surface area contributed by atoms with E-state index in [1.165, 1.54) is 16.7 Å². The number of rotatable bonds is 4. The van der Waals surface area contributed by atoms with Gasteiger partial charge in [0.1, 0.15) is 5.82 Å². The maximum absolute atomic E-state index is 14.0. The SMILES string of the molecule is Cc1cc(C)cc(C2(C(=O)N3CC[C@@H](c4[nH]ncc4-c4ccnc(N)c4)C3)CCCC2)c1. The topological polar surface area (TPSA) is 87.9 Å². The van der Waals surface area contributed by atoms with Crippen LogP contribution in [-0.2, 0) is 10.2 Å². The summed E-state index contributed by atoms with van der Waals surface area (Å²) in [4.78, 5) is 20.2. The number of aryl methyl sites for hydroxylation is 2. The van der Waals surface area contributed by atoms with E-state index in [1.807, 2.05) is 18.3 Å². The normalized spacial score (nSPS) is 20.1. The van der Waals surface area contributed by atoms with Gasteiger partial charge in [0.25, 0.3) is 0 Å². The van der Waals surface area contributed by atoms with Crippen molar-refractivity contribution in [1.29, 1.82) is 0 Å². The zero-order chi connectivity index (χ0) is 22.3. The molecule has 1 atom stereocenters. The van der Waals surface area contributed by atoms with Crippen LogP contribution in [-0.4, -0.2) is 39.1 Å². The third-order valence-corrected chi connectivity index (χ3v) is 7.29. The number of hydrogen-bond donors (Lipinski definition) is 2. The van der Waals surface area contributed by atoms with Gasteiger partial charge in [0.2, 0.25) is 5.91 Å². The van der Waals surface area contributed by atoms with Crippen molar-refractivity contribution in [2.75, 3.05) is 18.8 Å². The molecule has 1 aliphatic heterocycles. The van der Waals surface area contributed by atoms with E-state index in [0.29, 0.717) is 11.7 Å². The van der Waals surface area contributed by atoms with Crippen molar-refractivity contribution in [3.8, 4) is 11.1 Å². The average molecular weight is 430 g/mol. The van der Waals surface area contributed by atoms with E-state index in [-0.39, 0.29) is 11.3 Å². The van der Waals surface area contributed by atoms with Gasteiger partial charge in [-0.25, -0.2) is 4.98 Å². The molecule has 1 saturated carbocycles. The van der Waals surface area contributed by atoms with Crippen LogP contribution in [0.25, 0.3) is 11.1 Å². The predicted octanol–water partition coefficient (Wildman–Crippen LogP) is 4.50. The Balaban J connectivity index is 1.41. The second-order valence-electron chi connectivity index (χ2n) is 9.57. The summed E-state index contributed by atoms with van der Waals surface area (Å²) in [5.74, 6) is 1.04. The van der Waals surface area contributed by atoms with Gasteiger partial charge in [-0.3, -0.25) is 9.89 Å². The molecule has 3 aromatic rings. The van der Waals surface area contributed by atoms with Gasteiger partial charge in [-0.2, -0.15) is 5.10 Å². The van der Waals surface area contributed by atoms with Gasteiger partial charge in [0.15, 0.2) is 0 Å². The Morgan fingerprint density at radius 2 is 1.91 bits per heavy atom. The molecular weight excluding hydrogens is 398 g/mol. The summed E-state index contributed by atoms with van der Waals surface area (Å²) in [5, 5.41) is 7.51. The molecule has 0 bridgehead atoms. The fourth-order valence-electron chi connectivity index (χ4n) is 5.79. The van der Waals surface area contributed by atoms with E-state index >= 15 is 0 Å². The molecule has 1 amide bonds. The number of amides is 1. The number of carbonyl (C=O) groups excluding carboxylic acids is 1. The Kier molecular flexibility index (Phi) is 5.24. The second-order valence-corrected chi connectivity index (χ2v) is 9.57. The second kappa shape index (κ2) is 8.08. The average Bonchev–Trinajstić information content (AvgIpc) is 3.53. The molecule has 0 unspecified atom stereocenters. The monoisotopic (exact) mass is 429 g/mol. The minimum absolute atomic E-state index is 0.239. The number of H-pyrrole nitrogens is 1. The van der Waals surface area contributed by atoms with Crippen LogP contribution in [0.5, 0.6) is 0 Å². The van der Waals surface area contributed by atoms with Crippen molar-refractivity contribution < 1.29 is 4.79 Å². The first-order chi connectivity index (χ1) is 15.5. The number of carbonyl (C=O) groups is 1. The highest BCUT2D eigenvalue weighted by molar-refractivity contribution is 5.89. The lowest BCUT2D eigenvalue weighted by Gasteiger charge is -2.33. The molecule has 2 aliphatic rings. The van der Waals surface area contributed by atoms with E-state index in [9.17, 15) is 4.79 Å². The number of nitrogens with zero attached hydrogens (tertiary/aromatic N) is 3. The molecule has 6 heteroatoms. The summed E-state index contributed by atoms with van der Waals surface area (Å²) in [6, 6.07) is 10.5. The van der Waals surface area contributed by atoms with Crippen molar-refractivity contribution in [2.24, 2.45) is 0 Å². The van der Waals surface area contributed by atoms with Crippen LogP contribution in [0.1, 0.15) is 60.4 Å². The number of aromatic amines is 1. The standard InChI is InChI=1S/C26H31N5O/c1-17-11-18(2)13-21(12-17)26(7-3-4-8-26)25(32)31-10-6-20(16-31)24-22(15-29-30-24)19-5-9-28-23(27)14-19/h5,9,11-15,20H,3-4,6-8,10,16H2,1-2H3,(H2,27,28)(H,29,30)/t20-/m1/s1. The highest BCUT2D eigenvalue weighted by Gasteiger charge is 2.46. The molecule has 166 valence electrons. The Morgan fingerprint density at radius 1 is 1.16 bits per heavy atom. The van der Waals surface area contributed by atoms with Gasteiger partial charge in [-0.05, 0) is 56.4 Å². The molecule has 1 aliphatic carbocycles. The molecule has 3 N–H and O–H groups in total. The Morgan fingerprint density at radius 3 is 2.62 bits per heavy atom. The molecule has 3 heterocycles. The zero-order valence-corrected chi connectivity index (χ0v) is 18.9. The van der Waals surface area contributed by atoms with Gasteiger partial charge < -0.3 is 10.6 Å². The lowest BCUT2D eigenvalue weighted by molar-refractivity contribution is -0.136. The molecule has 0 spiro atoms. The molecule has 2 fully saturated rings. The summed E-state index contributed by atoms with van der Waals surface area (Å²) in [6.07, 6.45) is 8.63. The lowest BCUT2D eigenvalue weighted by atomic mass is 9.76. The number of nitrogens with one attached hydrogen (secondary N) is 1. The van der Waals surface area contributed by atoms with Crippen LogP contribution in [0.4, 0.5) is 5.82 Å².